The lowest BCUT2D eigenvalue weighted by Crippen LogP contribution is -2.46. The Morgan fingerprint density at radius 3 is 2.46 bits per heavy atom. The van der Waals surface area contributed by atoms with Gasteiger partial charge in [-0.3, -0.25) is 0 Å². The number of aliphatic hydroxyl groups excluding tert-OH is 1. The maximum absolute atomic E-state index is 10.1. The molecule has 0 aromatic heterocycles. The summed E-state index contributed by atoms with van der Waals surface area (Å²) in [5.41, 5.74) is -0.918. The monoisotopic (exact) mass is 188 g/mol. The Morgan fingerprint density at radius 2 is 2.08 bits per heavy atom. The molecule has 1 saturated heterocycles. The van der Waals surface area contributed by atoms with Gasteiger partial charge in [-0.2, -0.15) is 0 Å². The zero-order valence-corrected chi connectivity index (χ0v) is 8.49. The lowest BCUT2D eigenvalue weighted by Gasteiger charge is -2.34. The lowest BCUT2D eigenvalue weighted by molar-refractivity contribution is -0.105. The van der Waals surface area contributed by atoms with Crippen molar-refractivity contribution in [1.29, 1.82) is 0 Å². The molecule has 13 heavy (non-hydrogen) atoms. The first-order valence-electron chi connectivity index (χ1n) is 5.12. The van der Waals surface area contributed by atoms with Crippen LogP contribution in [0.25, 0.3) is 0 Å². The number of hydrogen-bond acceptors (Lipinski definition) is 3. The average Bonchev–Trinajstić information content (AvgIpc) is 2.68. The minimum absolute atomic E-state index is 0.116. The van der Waals surface area contributed by atoms with Crippen LogP contribution in [-0.4, -0.2) is 35.1 Å². The molecule has 1 rings (SSSR count). The SMILES string of the molecule is CCC(O)(CC)C(O)C1CCOC1. The maximum atomic E-state index is 10.1. The van der Waals surface area contributed by atoms with Gasteiger partial charge in [-0.25, -0.2) is 0 Å². The van der Waals surface area contributed by atoms with Crippen LogP contribution in [0, 0.1) is 5.92 Å². The summed E-state index contributed by atoms with van der Waals surface area (Å²) in [4.78, 5) is 0. The van der Waals surface area contributed by atoms with E-state index in [4.69, 9.17) is 4.74 Å². The second-order valence-electron chi connectivity index (χ2n) is 3.88. The molecule has 0 aliphatic carbocycles. The maximum Gasteiger partial charge on any atom is 0.0903 e. The number of rotatable bonds is 4. The van der Waals surface area contributed by atoms with Crippen molar-refractivity contribution in [2.24, 2.45) is 5.92 Å². The van der Waals surface area contributed by atoms with Gasteiger partial charge in [-0.05, 0) is 19.3 Å². The summed E-state index contributed by atoms with van der Waals surface area (Å²) in [5.74, 6) is 0.116. The normalized spacial score (nSPS) is 26.3. The predicted octanol–water partition coefficient (Wildman–Crippen LogP) is 0.935. The first-order valence-corrected chi connectivity index (χ1v) is 5.12. The standard InChI is InChI=1S/C10H20O3/c1-3-10(12,4-2)9(11)8-5-6-13-7-8/h8-9,11-12H,3-7H2,1-2H3. The third-order valence-corrected chi connectivity index (χ3v) is 3.19. The summed E-state index contributed by atoms with van der Waals surface area (Å²) in [6, 6.07) is 0. The molecule has 3 heteroatoms. The quantitative estimate of drug-likeness (QED) is 0.690. The van der Waals surface area contributed by atoms with E-state index in [1.54, 1.807) is 0 Å². The van der Waals surface area contributed by atoms with E-state index in [0.717, 1.165) is 6.42 Å². The van der Waals surface area contributed by atoms with Crippen molar-refractivity contribution < 1.29 is 14.9 Å². The Bertz CT molecular complexity index is 148. The van der Waals surface area contributed by atoms with E-state index >= 15 is 0 Å². The van der Waals surface area contributed by atoms with Crippen LogP contribution in [0.2, 0.25) is 0 Å². The van der Waals surface area contributed by atoms with Gasteiger partial charge >= 0.3 is 0 Å². The van der Waals surface area contributed by atoms with Crippen molar-refractivity contribution in [1.82, 2.24) is 0 Å². The Kier molecular flexibility index (Phi) is 3.71. The molecule has 0 saturated carbocycles. The van der Waals surface area contributed by atoms with E-state index in [1.807, 2.05) is 13.8 Å². The van der Waals surface area contributed by atoms with Gasteiger partial charge in [0.05, 0.1) is 18.3 Å². The van der Waals surface area contributed by atoms with Gasteiger partial charge in [0.15, 0.2) is 0 Å². The fourth-order valence-electron chi connectivity index (χ4n) is 1.91. The van der Waals surface area contributed by atoms with E-state index < -0.39 is 11.7 Å². The molecule has 3 nitrogen and oxygen atoms in total. The van der Waals surface area contributed by atoms with Gasteiger partial charge in [0.2, 0.25) is 0 Å². The van der Waals surface area contributed by atoms with Crippen LogP contribution < -0.4 is 0 Å². The molecule has 0 aromatic rings. The Hall–Kier alpha value is -0.120. The smallest absolute Gasteiger partial charge is 0.0903 e. The Labute approximate surface area is 79.7 Å². The minimum Gasteiger partial charge on any atom is -0.390 e. The highest BCUT2D eigenvalue weighted by atomic mass is 16.5. The second kappa shape index (κ2) is 4.40. The van der Waals surface area contributed by atoms with Crippen LogP contribution in [0.4, 0.5) is 0 Å². The van der Waals surface area contributed by atoms with E-state index in [2.05, 4.69) is 0 Å². The Morgan fingerprint density at radius 1 is 1.46 bits per heavy atom. The van der Waals surface area contributed by atoms with Gasteiger partial charge in [0.25, 0.3) is 0 Å². The molecule has 2 atom stereocenters. The number of hydrogen-bond donors (Lipinski definition) is 2. The van der Waals surface area contributed by atoms with Crippen molar-refractivity contribution in [3.63, 3.8) is 0 Å². The highest BCUT2D eigenvalue weighted by Gasteiger charge is 2.38. The van der Waals surface area contributed by atoms with Gasteiger partial charge in [-0.15, -0.1) is 0 Å². The molecule has 0 bridgehead atoms. The highest BCUT2D eigenvalue weighted by Crippen LogP contribution is 2.29. The summed E-state index contributed by atoms with van der Waals surface area (Å²) in [6.07, 6.45) is 1.43. The summed E-state index contributed by atoms with van der Waals surface area (Å²) < 4.78 is 5.19. The molecule has 1 fully saturated rings. The van der Waals surface area contributed by atoms with Crippen LogP contribution in [-0.2, 0) is 4.74 Å². The summed E-state index contributed by atoms with van der Waals surface area (Å²) >= 11 is 0. The molecule has 0 amide bonds. The molecular formula is C10H20O3. The van der Waals surface area contributed by atoms with Crippen molar-refractivity contribution in [2.75, 3.05) is 13.2 Å². The van der Waals surface area contributed by atoms with Gasteiger partial charge < -0.3 is 14.9 Å². The van der Waals surface area contributed by atoms with Crippen LogP contribution in [0.5, 0.6) is 0 Å². The largest absolute Gasteiger partial charge is 0.390 e. The lowest BCUT2D eigenvalue weighted by atomic mass is 9.83. The first kappa shape index (κ1) is 11.0. The van der Waals surface area contributed by atoms with Gasteiger partial charge in [-0.1, -0.05) is 13.8 Å². The van der Waals surface area contributed by atoms with Crippen LogP contribution in [0.1, 0.15) is 33.1 Å². The van der Waals surface area contributed by atoms with Crippen molar-refractivity contribution in [2.45, 2.75) is 44.8 Å². The van der Waals surface area contributed by atoms with E-state index in [0.29, 0.717) is 26.1 Å². The van der Waals surface area contributed by atoms with Crippen LogP contribution >= 0.6 is 0 Å². The van der Waals surface area contributed by atoms with Crippen molar-refractivity contribution in [3.8, 4) is 0 Å². The van der Waals surface area contributed by atoms with E-state index in [9.17, 15) is 10.2 Å². The minimum atomic E-state index is -0.918. The molecule has 1 heterocycles. The van der Waals surface area contributed by atoms with Crippen LogP contribution in [0.3, 0.4) is 0 Å². The third-order valence-electron chi connectivity index (χ3n) is 3.19. The fourth-order valence-corrected chi connectivity index (χ4v) is 1.91. The molecule has 1 aliphatic heterocycles. The number of ether oxygens (including phenoxy) is 1. The number of aliphatic hydroxyl groups is 2. The molecule has 0 radical (unpaired) electrons. The molecule has 0 spiro atoms. The van der Waals surface area contributed by atoms with Crippen molar-refractivity contribution >= 4 is 0 Å². The molecule has 1 aliphatic rings. The Balaban J connectivity index is 2.57. The molecule has 78 valence electrons. The average molecular weight is 188 g/mol. The van der Waals surface area contributed by atoms with Crippen LogP contribution in [0.15, 0.2) is 0 Å². The molecule has 2 unspecified atom stereocenters. The van der Waals surface area contributed by atoms with Gasteiger partial charge in [0, 0.05) is 12.5 Å². The summed E-state index contributed by atoms with van der Waals surface area (Å²) in [5, 5.41) is 20.0. The zero-order chi connectivity index (χ0) is 9.90. The molecule has 0 aromatic carbocycles. The first-order chi connectivity index (χ1) is 6.14. The van der Waals surface area contributed by atoms with E-state index in [-0.39, 0.29) is 5.92 Å². The van der Waals surface area contributed by atoms with Crippen molar-refractivity contribution in [3.05, 3.63) is 0 Å². The predicted molar refractivity (Wildman–Crippen MR) is 50.5 cm³/mol. The van der Waals surface area contributed by atoms with E-state index in [1.165, 1.54) is 0 Å². The zero-order valence-electron chi connectivity index (χ0n) is 8.49. The van der Waals surface area contributed by atoms with Gasteiger partial charge in [0.1, 0.15) is 0 Å². The second-order valence-corrected chi connectivity index (χ2v) is 3.88. The third kappa shape index (κ3) is 2.22. The molecule has 2 N–H and O–H groups in total. The summed E-state index contributed by atoms with van der Waals surface area (Å²) in [7, 11) is 0. The molecular weight excluding hydrogens is 168 g/mol. The summed E-state index contributed by atoms with van der Waals surface area (Å²) in [6.45, 7) is 5.11. The highest BCUT2D eigenvalue weighted by molar-refractivity contribution is 4.89. The fraction of sp³-hybridized carbons (Fsp3) is 1.00. The topological polar surface area (TPSA) is 49.7 Å².